The average molecular weight is 447 g/mol. The average Bonchev–Trinajstić information content (AvgIpc) is 2.78. The van der Waals surface area contributed by atoms with Crippen LogP contribution in [0.4, 0.5) is 23.1 Å². The number of ether oxygens (including phenoxy) is 1. The predicted molar refractivity (Wildman–Crippen MR) is 133 cm³/mol. The standard InChI is InChI=1S/C26H26N4O.ClH/c1-19-10-6-8-14-23(19)28-25-16-22(18-31-17-21-12-4-3-5-13-21)27-26(30-25)29-24-15-9-7-11-20(24)2;/h3-16H,17-18H2,1-2H3,(H2,27,28,29,30);1H. The summed E-state index contributed by atoms with van der Waals surface area (Å²) in [6, 6.07) is 28.3. The molecule has 1 heterocycles. The van der Waals surface area contributed by atoms with Gasteiger partial charge in [0.1, 0.15) is 5.82 Å². The molecule has 0 aliphatic rings. The molecule has 0 saturated heterocycles. The first-order chi connectivity index (χ1) is 15.2. The Morgan fingerprint density at radius 2 is 1.28 bits per heavy atom. The Hall–Kier alpha value is -3.41. The SMILES string of the molecule is Cc1ccccc1Nc1cc(COCc2ccccc2)nc(Nc2ccccc2C)n1.Cl. The van der Waals surface area contributed by atoms with Crippen LogP contribution in [0.3, 0.4) is 0 Å². The van der Waals surface area contributed by atoms with Gasteiger partial charge >= 0.3 is 0 Å². The number of nitrogens with zero attached hydrogens (tertiary/aromatic N) is 2. The number of para-hydroxylation sites is 2. The number of rotatable bonds is 8. The van der Waals surface area contributed by atoms with E-state index >= 15 is 0 Å². The van der Waals surface area contributed by atoms with Gasteiger partial charge < -0.3 is 15.4 Å². The molecule has 0 amide bonds. The first-order valence-electron chi connectivity index (χ1n) is 10.3. The highest BCUT2D eigenvalue weighted by molar-refractivity contribution is 5.85. The summed E-state index contributed by atoms with van der Waals surface area (Å²) in [5, 5.41) is 6.76. The number of hydrogen-bond donors (Lipinski definition) is 2. The predicted octanol–water partition coefficient (Wildman–Crippen LogP) is 6.72. The number of benzene rings is 3. The third-order valence-electron chi connectivity index (χ3n) is 4.94. The summed E-state index contributed by atoms with van der Waals surface area (Å²) in [6.45, 7) is 5.05. The van der Waals surface area contributed by atoms with Gasteiger partial charge in [-0.3, -0.25) is 0 Å². The van der Waals surface area contributed by atoms with Crippen molar-refractivity contribution >= 4 is 35.5 Å². The minimum Gasteiger partial charge on any atom is -0.370 e. The number of aromatic nitrogens is 2. The van der Waals surface area contributed by atoms with Crippen LogP contribution < -0.4 is 10.6 Å². The zero-order valence-corrected chi connectivity index (χ0v) is 19.0. The molecule has 3 aromatic carbocycles. The van der Waals surface area contributed by atoms with Gasteiger partial charge in [0.15, 0.2) is 0 Å². The molecule has 0 aliphatic heterocycles. The molecule has 164 valence electrons. The summed E-state index contributed by atoms with van der Waals surface area (Å²) in [6.07, 6.45) is 0. The van der Waals surface area contributed by atoms with E-state index in [1.165, 1.54) is 0 Å². The fourth-order valence-corrected chi connectivity index (χ4v) is 3.22. The van der Waals surface area contributed by atoms with Crippen LogP contribution in [0.15, 0.2) is 84.9 Å². The van der Waals surface area contributed by atoms with E-state index in [0.717, 1.165) is 39.6 Å². The van der Waals surface area contributed by atoms with Gasteiger partial charge in [-0.1, -0.05) is 66.7 Å². The van der Waals surface area contributed by atoms with Crippen molar-refractivity contribution in [3.05, 3.63) is 107 Å². The number of nitrogens with one attached hydrogen (secondary N) is 2. The molecule has 6 heteroatoms. The molecule has 4 aromatic rings. The van der Waals surface area contributed by atoms with E-state index < -0.39 is 0 Å². The molecule has 0 spiro atoms. The number of halogens is 1. The van der Waals surface area contributed by atoms with Crippen molar-refractivity contribution in [2.24, 2.45) is 0 Å². The van der Waals surface area contributed by atoms with E-state index in [2.05, 4.69) is 58.7 Å². The molecular formula is C26H27ClN4O. The monoisotopic (exact) mass is 446 g/mol. The third-order valence-corrected chi connectivity index (χ3v) is 4.94. The molecule has 1 aromatic heterocycles. The van der Waals surface area contributed by atoms with Gasteiger partial charge in [-0.15, -0.1) is 12.4 Å². The molecule has 0 unspecified atom stereocenters. The Morgan fingerprint density at radius 3 is 1.94 bits per heavy atom. The highest BCUT2D eigenvalue weighted by Crippen LogP contribution is 2.23. The van der Waals surface area contributed by atoms with Crippen LogP contribution in [0.25, 0.3) is 0 Å². The van der Waals surface area contributed by atoms with Crippen LogP contribution in [0.2, 0.25) is 0 Å². The minimum atomic E-state index is 0. The molecule has 2 N–H and O–H groups in total. The molecule has 0 aliphatic carbocycles. The molecule has 4 rings (SSSR count). The van der Waals surface area contributed by atoms with Gasteiger partial charge in [0, 0.05) is 17.4 Å². The first kappa shape index (κ1) is 23.3. The second kappa shape index (κ2) is 11.3. The summed E-state index contributed by atoms with van der Waals surface area (Å²) < 4.78 is 5.92. The number of aryl methyl sites for hydroxylation is 2. The fraction of sp³-hybridized carbons (Fsp3) is 0.154. The van der Waals surface area contributed by atoms with Crippen LogP contribution in [0, 0.1) is 13.8 Å². The van der Waals surface area contributed by atoms with Gasteiger partial charge in [0.25, 0.3) is 0 Å². The van der Waals surface area contributed by atoms with Crippen molar-refractivity contribution in [2.45, 2.75) is 27.1 Å². The maximum atomic E-state index is 5.92. The van der Waals surface area contributed by atoms with E-state index in [0.29, 0.717) is 19.2 Å². The van der Waals surface area contributed by atoms with E-state index in [1.54, 1.807) is 0 Å². The van der Waals surface area contributed by atoms with E-state index in [1.807, 2.05) is 60.7 Å². The Bertz CT molecular complexity index is 1090. The van der Waals surface area contributed by atoms with Crippen molar-refractivity contribution in [2.75, 3.05) is 10.6 Å². The summed E-state index contributed by atoms with van der Waals surface area (Å²) in [5.74, 6) is 1.25. The molecule has 32 heavy (non-hydrogen) atoms. The van der Waals surface area contributed by atoms with Crippen LogP contribution in [-0.2, 0) is 18.0 Å². The Balaban J connectivity index is 0.00000289. The summed E-state index contributed by atoms with van der Waals surface area (Å²) in [7, 11) is 0. The fourth-order valence-electron chi connectivity index (χ4n) is 3.22. The first-order valence-corrected chi connectivity index (χ1v) is 10.3. The molecule has 0 radical (unpaired) electrons. The number of hydrogen-bond acceptors (Lipinski definition) is 5. The Kier molecular flexibility index (Phi) is 8.20. The van der Waals surface area contributed by atoms with Crippen molar-refractivity contribution in [1.82, 2.24) is 9.97 Å². The van der Waals surface area contributed by atoms with Crippen molar-refractivity contribution < 1.29 is 4.74 Å². The van der Waals surface area contributed by atoms with Crippen LogP contribution in [-0.4, -0.2) is 9.97 Å². The quantitative estimate of drug-likeness (QED) is 0.314. The molecule has 5 nitrogen and oxygen atoms in total. The van der Waals surface area contributed by atoms with Gasteiger partial charge in [0.2, 0.25) is 5.95 Å². The Labute approximate surface area is 195 Å². The van der Waals surface area contributed by atoms with Crippen LogP contribution >= 0.6 is 12.4 Å². The van der Waals surface area contributed by atoms with E-state index in [-0.39, 0.29) is 12.4 Å². The lowest BCUT2D eigenvalue weighted by atomic mass is 10.2. The lowest BCUT2D eigenvalue weighted by Crippen LogP contribution is -2.06. The lowest BCUT2D eigenvalue weighted by molar-refractivity contribution is 0.104. The zero-order valence-electron chi connectivity index (χ0n) is 18.2. The van der Waals surface area contributed by atoms with Crippen molar-refractivity contribution in [1.29, 1.82) is 0 Å². The molecule has 0 fully saturated rings. The van der Waals surface area contributed by atoms with Gasteiger partial charge in [-0.2, -0.15) is 4.98 Å². The van der Waals surface area contributed by atoms with Gasteiger partial charge in [-0.05, 0) is 42.7 Å². The normalized spacial score (nSPS) is 10.3. The highest BCUT2D eigenvalue weighted by Gasteiger charge is 2.08. The van der Waals surface area contributed by atoms with E-state index in [9.17, 15) is 0 Å². The largest absolute Gasteiger partial charge is 0.370 e. The second-order valence-electron chi connectivity index (χ2n) is 7.43. The van der Waals surface area contributed by atoms with Crippen molar-refractivity contribution in [3.8, 4) is 0 Å². The molecule has 0 bridgehead atoms. The van der Waals surface area contributed by atoms with E-state index in [4.69, 9.17) is 4.74 Å². The van der Waals surface area contributed by atoms with Crippen molar-refractivity contribution in [3.63, 3.8) is 0 Å². The maximum absolute atomic E-state index is 5.92. The third kappa shape index (κ3) is 6.30. The maximum Gasteiger partial charge on any atom is 0.229 e. The lowest BCUT2D eigenvalue weighted by Gasteiger charge is -2.14. The summed E-state index contributed by atoms with van der Waals surface area (Å²) in [5.41, 5.74) is 6.21. The molecule has 0 atom stereocenters. The molecule has 0 saturated carbocycles. The Morgan fingerprint density at radius 1 is 0.688 bits per heavy atom. The zero-order chi connectivity index (χ0) is 21.5. The number of anilines is 4. The van der Waals surface area contributed by atoms with Crippen LogP contribution in [0.5, 0.6) is 0 Å². The smallest absolute Gasteiger partial charge is 0.229 e. The minimum absolute atomic E-state index is 0. The molecular weight excluding hydrogens is 420 g/mol. The topological polar surface area (TPSA) is 59.1 Å². The highest BCUT2D eigenvalue weighted by atomic mass is 35.5. The summed E-state index contributed by atoms with van der Waals surface area (Å²) >= 11 is 0. The van der Waals surface area contributed by atoms with Crippen LogP contribution in [0.1, 0.15) is 22.4 Å². The van der Waals surface area contributed by atoms with Gasteiger partial charge in [-0.25, -0.2) is 4.98 Å². The second-order valence-corrected chi connectivity index (χ2v) is 7.43. The van der Waals surface area contributed by atoms with Gasteiger partial charge in [0.05, 0.1) is 18.9 Å². The summed E-state index contributed by atoms with van der Waals surface area (Å²) in [4.78, 5) is 9.36.